The molecule has 9 heteroatoms. The first-order valence-corrected chi connectivity index (χ1v) is 9.48. The van der Waals surface area contributed by atoms with Gasteiger partial charge in [0.05, 0.1) is 23.0 Å². The molecule has 1 unspecified atom stereocenters. The lowest BCUT2D eigenvalue weighted by molar-refractivity contribution is 0.599. The van der Waals surface area contributed by atoms with E-state index in [0.29, 0.717) is 12.1 Å². The maximum Gasteiger partial charge on any atom is 0.170 e. The second-order valence-electron chi connectivity index (χ2n) is 4.48. The molecular weight excluding hydrogens is 296 g/mol. The molecule has 0 radical (unpaired) electrons. The molecule has 1 fully saturated rings. The second kappa shape index (κ2) is 4.78. The fraction of sp³-hybridized carbons (Fsp3) is 0.667. The summed E-state index contributed by atoms with van der Waals surface area (Å²) in [5.74, 6) is 0.226. The molecule has 102 valence electrons. The van der Waals surface area contributed by atoms with Gasteiger partial charge in [-0.05, 0) is 24.7 Å². The van der Waals surface area contributed by atoms with Crippen molar-refractivity contribution in [2.75, 3.05) is 23.0 Å². The number of hydrogen-bond donors (Lipinski definition) is 2. The third-order valence-electron chi connectivity index (χ3n) is 2.80. The van der Waals surface area contributed by atoms with Crippen LogP contribution in [-0.2, 0) is 19.7 Å². The Hall–Kier alpha value is -0.670. The number of nitrogens with one attached hydrogen (secondary N) is 2. The highest BCUT2D eigenvalue weighted by molar-refractivity contribution is 7.92. The minimum Gasteiger partial charge on any atom is -0.359 e. The summed E-state index contributed by atoms with van der Waals surface area (Å²) < 4.78 is 44.9. The second-order valence-corrected chi connectivity index (χ2v) is 9.23. The van der Waals surface area contributed by atoms with Gasteiger partial charge in [0, 0.05) is 11.7 Å². The van der Waals surface area contributed by atoms with Gasteiger partial charge in [0.15, 0.2) is 24.8 Å². The van der Waals surface area contributed by atoms with Gasteiger partial charge in [-0.15, -0.1) is 0 Å². The summed E-state index contributed by atoms with van der Waals surface area (Å²) in [5.41, 5.74) is 0.549. The van der Waals surface area contributed by atoms with Crippen LogP contribution in [0.2, 0.25) is 0 Å². The van der Waals surface area contributed by atoms with E-state index in [4.69, 9.17) is 12.2 Å². The van der Waals surface area contributed by atoms with Crippen molar-refractivity contribution in [3.05, 3.63) is 11.8 Å². The lowest BCUT2D eigenvalue weighted by Crippen LogP contribution is -2.42. The van der Waals surface area contributed by atoms with Crippen molar-refractivity contribution in [1.82, 2.24) is 10.6 Å². The smallest absolute Gasteiger partial charge is 0.170 e. The highest BCUT2D eigenvalue weighted by Crippen LogP contribution is 2.12. The molecule has 0 aliphatic carbocycles. The van der Waals surface area contributed by atoms with Gasteiger partial charge in [-0.1, -0.05) is 0 Å². The zero-order chi connectivity index (χ0) is 13.4. The van der Waals surface area contributed by atoms with E-state index in [1.54, 1.807) is 6.08 Å². The Morgan fingerprint density at radius 3 is 2.50 bits per heavy atom. The Kier molecular flexibility index (Phi) is 3.65. The molecule has 2 aliphatic heterocycles. The topological polar surface area (TPSA) is 92.3 Å². The minimum absolute atomic E-state index is 0.0236. The molecule has 2 heterocycles. The molecule has 2 rings (SSSR count). The fourth-order valence-corrected chi connectivity index (χ4v) is 5.15. The molecule has 2 N–H and O–H groups in total. The first kappa shape index (κ1) is 13.8. The third kappa shape index (κ3) is 3.66. The van der Waals surface area contributed by atoms with E-state index in [2.05, 4.69) is 10.6 Å². The van der Waals surface area contributed by atoms with Gasteiger partial charge in [0.1, 0.15) is 0 Å². The molecular formula is C9H14N2O4S3. The average molecular weight is 310 g/mol. The van der Waals surface area contributed by atoms with E-state index < -0.39 is 19.7 Å². The lowest BCUT2D eigenvalue weighted by Gasteiger charge is -2.15. The summed E-state index contributed by atoms with van der Waals surface area (Å²) in [6, 6.07) is -0.186. The molecule has 0 bridgehead atoms. The van der Waals surface area contributed by atoms with Crippen LogP contribution in [0.5, 0.6) is 0 Å². The largest absolute Gasteiger partial charge is 0.359 e. The van der Waals surface area contributed by atoms with Crippen molar-refractivity contribution in [3.63, 3.8) is 0 Å². The van der Waals surface area contributed by atoms with Crippen molar-refractivity contribution in [2.24, 2.45) is 0 Å². The van der Waals surface area contributed by atoms with Gasteiger partial charge in [-0.3, -0.25) is 0 Å². The summed E-state index contributed by atoms with van der Waals surface area (Å²) >= 11 is 5.02. The van der Waals surface area contributed by atoms with Crippen LogP contribution in [0.15, 0.2) is 11.8 Å². The van der Waals surface area contributed by atoms with Crippen molar-refractivity contribution in [1.29, 1.82) is 0 Å². The van der Waals surface area contributed by atoms with Gasteiger partial charge in [-0.25, -0.2) is 16.8 Å². The van der Waals surface area contributed by atoms with E-state index in [-0.39, 0.29) is 34.2 Å². The quantitative estimate of drug-likeness (QED) is 0.629. The van der Waals surface area contributed by atoms with Crippen LogP contribution >= 0.6 is 12.2 Å². The molecule has 0 aromatic carbocycles. The molecule has 0 aromatic rings. The summed E-state index contributed by atoms with van der Waals surface area (Å²) in [4.78, 5) is 0. The van der Waals surface area contributed by atoms with Crippen LogP contribution in [0.3, 0.4) is 0 Å². The Bertz CT molecular complexity index is 591. The van der Waals surface area contributed by atoms with Gasteiger partial charge >= 0.3 is 0 Å². The van der Waals surface area contributed by atoms with Crippen LogP contribution in [0, 0.1) is 0 Å². The monoisotopic (exact) mass is 310 g/mol. The van der Waals surface area contributed by atoms with Crippen LogP contribution in [0.1, 0.15) is 6.42 Å². The molecule has 1 atom stereocenters. The third-order valence-corrected chi connectivity index (χ3v) is 6.21. The van der Waals surface area contributed by atoms with Crippen molar-refractivity contribution >= 4 is 37.0 Å². The first-order chi connectivity index (χ1) is 8.26. The molecule has 2 aliphatic rings. The molecule has 0 aromatic heterocycles. The zero-order valence-corrected chi connectivity index (χ0v) is 12.0. The highest BCUT2D eigenvalue weighted by Gasteiger charge is 2.28. The summed E-state index contributed by atoms with van der Waals surface area (Å²) in [7, 11) is -5.97. The number of rotatable bonds is 2. The molecule has 0 spiro atoms. The zero-order valence-electron chi connectivity index (χ0n) is 9.55. The summed E-state index contributed by atoms with van der Waals surface area (Å²) in [6.45, 7) is 0. The van der Waals surface area contributed by atoms with Gasteiger partial charge < -0.3 is 10.6 Å². The predicted molar refractivity (Wildman–Crippen MR) is 72.7 cm³/mol. The minimum atomic E-state index is -3.03. The van der Waals surface area contributed by atoms with E-state index in [9.17, 15) is 16.8 Å². The van der Waals surface area contributed by atoms with Crippen molar-refractivity contribution in [2.45, 2.75) is 12.5 Å². The summed E-state index contributed by atoms with van der Waals surface area (Å²) in [5, 5.41) is 5.97. The van der Waals surface area contributed by atoms with E-state index in [0.717, 1.165) is 0 Å². The average Bonchev–Trinajstić information content (AvgIpc) is 2.69. The van der Waals surface area contributed by atoms with E-state index in [1.807, 2.05) is 0 Å². The molecule has 1 saturated heterocycles. The fourth-order valence-electron chi connectivity index (χ4n) is 1.95. The summed E-state index contributed by atoms with van der Waals surface area (Å²) in [6.07, 6.45) is 2.11. The normalized spacial score (nSPS) is 28.7. The first-order valence-electron chi connectivity index (χ1n) is 5.43. The van der Waals surface area contributed by atoms with E-state index in [1.165, 1.54) is 0 Å². The van der Waals surface area contributed by atoms with Gasteiger partial charge in [0.25, 0.3) is 0 Å². The lowest BCUT2D eigenvalue weighted by atomic mass is 10.3. The number of thiocarbonyl (C=S) groups is 1. The number of hydrogen-bond acceptors (Lipinski definition) is 5. The Labute approximate surface area is 112 Å². The van der Waals surface area contributed by atoms with Crippen LogP contribution in [-0.4, -0.2) is 51.0 Å². The Morgan fingerprint density at radius 2 is 2.00 bits per heavy atom. The predicted octanol–water partition coefficient (Wildman–Crippen LogP) is -1.05. The maximum absolute atomic E-state index is 11.3. The molecule has 18 heavy (non-hydrogen) atoms. The molecule has 0 amide bonds. The van der Waals surface area contributed by atoms with Crippen LogP contribution in [0.25, 0.3) is 0 Å². The Morgan fingerprint density at radius 1 is 1.28 bits per heavy atom. The number of sulfone groups is 2. The Balaban J connectivity index is 1.84. The van der Waals surface area contributed by atoms with E-state index >= 15 is 0 Å². The van der Waals surface area contributed by atoms with Crippen LogP contribution < -0.4 is 10.6 Å². The molecule has 6 nitrogen and oxygen atoms in total. The van der Waals surface area contributed by atoms with Gasteiger partial charge in [-0.2, -0.15) is 0 Å². The molecule has 0 saturated carbocycles. The standard InChI is InChI=1S/C9H14N2O4S3/c12-17(13)3-1-7(5-17)10-9(16)11-8-2-4-18(14,15)6-8/h1,8H,2-6H2,(H2,10,11,16). The van der Waals surface area contributed by atoms with Crippen molar-refractivity contribution < 1.29 is 16.8 Å². The maximum atomic E-state index is 11.3. The van der Waals surface area contributed by atoms with Gasteiger partial charge in [0.2, 0.25) is 0 Å². The highest BCUT2D eigenvalue weighted by atomic mass is 32.2. The van der Waals surface area contributed by atoms with Crippen molar-refractivity contribution in [3.8, 4) is 0 Å². The van der Waals surface area contributed by atoms with Crippen LogP contribution in [0.4, 0.5) is 0 Å². The SMILES string of the molecule is O=S1(=O)CC=C(NC(=S)NC2CCS(=O)(=O)C2)C1.